The first kappa shape index (κ1) is 15.5. The number of fused-ring (bicyclic) bond motifs is 2. The summed E-state index contributed by atoms with van der Waals surface area (Å²) in [4.78, 5) is 0. The fourth-order valence-corrected chi connectivity index (χ4v) is 2.57. The molecule has 4 nitrogen and oxygen atoms in total. The lowest BCUT2D eigenvalue weighted by Crippen LogP contribution is -1.85. The third kappa shape index (κ3) is 2.90. The van der Waals surface area contributed by atoms with Crippen molar-refractivity contribution in [2.75, 3.05) is 5.73 Å². The van der Waals surface area contributed by atoms with Crippen molar-refractivity contribution in [2.24, 2.45) is 0 Å². The zero-order valence-corrected chi connectivity index (χ0v) is 12.8. The summed E-state index contributed by atoms with van der Waals surface area (Å²) in [6, 6.07) is 21.0. The molecule has 0 saturated carbocycles. The lowest BCUT2D eigenvalue weighted by Gasteiger charge is -2.02. The highest BCUT2D eigenvalue weighted by molar-refractivity contribution is 5.96. The summed E-state index contributed by atoms with van der Waals surface area (Å²) in [5.74, 6) is 0.673. The van der Waals surface area contributed by atoms with Crippen LogP contribution in [0.4, 0.5) is 5.69 Å². The van der Waals surface area contributed by atoms with Crippen LogP contribution in [-0.2, 0) is 0 Å². The van der Waals surface area contributed by atoms with E-state index in [2.05, 4.69) is 0 Å². The summed E-state index contributed by atoms with van der Waals surface area (Å²) in [5, 5.41) is 31.3. The maximum absolute atomic E-state index is 9.44. The Kier molecular flexibility index (Phi) is 4.12. The van der Waals surface area contributed by atoms with E-state index in [9.17, 15) is 15.3 Å². The maximum atomic E-state index is 9.44. The van der Waals surface area contributed by atoms with Crippen LogP contribution in [0.3, 0.4) is 0 Å². The van der Waals surface area contributed by atoms with Crippen LogP contribution in [0.15, 0.2) is 72.8 Å². The number of anilines is 1. The van der Waals surface area contributed by atoms with Gasteiger partial charge in [0.2, 0.25) is 0 Å². The summed E-state index contributed by atoms with van der Waals surface area (Å²) in [7, 11) is 0. The van der Waals surface area contributed by atoms with Gasteiger partial charge in [0, 0.05) is 27.2 Å². The molecule has 0 fully saturated rings. The Labute approximate surface area is 139 Å². The third-order valence-electron chi connectivity index (χ3n) is 3.81. The molecule has 4 aromatic carbocycles. The van der Waals surface area contributed by atoms with Gasteiger partial charge in [0.25, 0.3) is 0 Å². The van der Waals surface area contributed by atoms with Gasteiger partial charge in [-0.25, -0.2) is 0 Å². The first-order chi connectivity index (χ1) is 11.6. The van der Waals surface area contributed by atoms with Crippen LogP contribution in [0.5, 0.6) is 17.2 Å². The molecule has 0 amide bonds. The van der Waals surface area contributed by atoms with E-state index in [0.29, 0.717) is 16.5 Å². The molecule has 24 heavy (non-hydrogen) atoms. The number of nitrogens with two attached hydrogens (primary N) is 1. The second-order valence-electron chi connectivity index (χ2n) is 5.37. The summed E-state index contributed by atoms with van der Waals surface area (Å²) in [5.41, 5.74) is 6.41. The molecule has 4 aromatic rings. The van der Waals surface area contributed by atoms with Crippen molar-refractivity contribution >= 4 is 27.2 Å². The van der Waals surface area contributed by atoms with E-state index in [-0.39, 0.29) is 17.2 Å². The molecular weight excluding hydrogens is 302 g/mol. The van der Waals surface area contributed by atoms with Crippen LogP contribution in [0, 0.1) is 0 Å². The molecule has 120 valence electrons. The van der Waals surface area contributed by atoms with Gasteiger partial charge in [0.1, 0.15) is 17.2 Å². The molecule has 0 aliphatic rings. The Balaban J connectivity index is 0.000000141. The van der Waals surface area contributed by atoms with Crippen LogP contribution in [0.25, 0.3) is 21.5 Å². The molecule has 0 heterocycles. The zero-order chi connectivity index (χ0) is 17.1. The summed E-state index contributed by atoms with van der Waals surface area (Å²) < 4.78 is 0. The van der Waals surface area contributed by atoms with Gasteiger partial charge in [-0.2, -0.15) is 0 Å². The second kappa shape index (κ2) is 6.38. The van der Waals surface area contributed by atoms with Crippen molar-refractivity contribution in [3.8, 4) is 17.2 Å². The molecular formula is C20H17NO3. The van der Waals surface area contributed by atoms with E-state index in [1.54, 1.807) is 24.3 Å². The number of aromatic hydroxyl groups is 3. The number of nitrogen functional groups attached to an aromatic ring is 1. The minimum Gasteiger partial charge on any atom is -0.507 e. The first-order valence-electron chi connectivity index (χ1n) is 7.44. The minimum absolute atomic E-state index is 0.198. The highest BCUT2D eigenvalue weighted by Crippen LogP contribution is 2.31. The molecule has 5 N–H and O–H groups in total. The molecule has 0 aliphatic carbocycles. The fourth-order valence-electron chi connectivity index (χ4n) is 2.57. The normalized spacial score (nSPS) is 10.3. The average molecular weight is 319 g/mol. The standard InChI is InChI=1S/C10H9NO.C10H8O2/c2*11-9-5-6-10(12)8-4-2-1-3-7(8)9/h1-6,12H,11H2;1-6,11-12H. The molecule has 0 radical (unpaired) electrons. The number of hydrogen-bond acceptors (Lipinski definition) is 4. The molecule has 0 saturated heterocycles. The van der Waals surface area contributed by atoms with E-state index in [1.807, 2.05) is 36.4 Å². The number of phenols is 3. The van der Waals surface area contributed by atoms with Gasteiger partial charge in [-0.15, -0.1) is 0 Å². The van der Waals surface area contributed by atoms with Gasteiger partial charge in [-0.1, -0.05) is 48.5 Å². The average Bonchev–Trinajstić information content (AvgIpc) is 2.63. The Morgan fingerprint density at radius 1 is 0.458 bits per heavy atom. The van der Waals surface area contributed by atoms with Crippen LogP contribution in [-0.4, -0.2) is 15.3 Å². The lowest BCUT2D eigenvalue weighted by molar-refractivity contribution is 0.469. The number of hydrogen-bond donors (Lipinski definition) is 4. The number of phenolic OH excluding ortho intramolecular Hbond substituents is 3. The van der Waals surface area contributed by atoms with Crippen LogP contribution < -0.4 is 5.73 Å². The van der Waals surface area contributed by atoms with Gasteiger partial charge in [-0.3, -0.25) is 0 Å². The van der Waals surface area contributed by atoms with Gasteiger partial charge in [-0.05, 0) is 24.3 Å². The number of benzene rings is 4. The highest BCUT2D eigenvalue weighted by Gasteiger charge is 2.01. The van der Waals surface area contributed by atoms with Crippen molar-refractivity contribution < 1.29 is 15.3 Å². The Morgan fingerprint density at radius 2 is 0.792 bits per heavy atom. The van der Waals surface area contributed by atoms with Crippen molar-refractivity contribution in [1.82, 2.24) is 0 Å². The van der Waals surface area contributed by atoms with Gasteiger partial charge < -0.3 is 21.1 Å². The van der Waals surface area contributed by atoms with E-state index in [4.69, 9.17) is 5.73 Å². The van der Waals surface area contributed by atoms with E-state index in [0.717, 1.165) is 10.8 Å². The Morgan fingerprint density at radius 3 is 1.21 bits per heavy atom. The quantitative estimate of drug-likeness (QED) is 0.286. The summed E-state index contributed by atoms with van der Waals surface area (Å²) in [6.45, 7) is 0. The molecule has 4 heteroatoms. The van der Waals surface area contributed by atoms with E-state index >= 15 is 0 Å². The van der Waals surface area contributed by atoms with Crippen molar-refractivity contribution in [3.05, 3.63) is 72.8 Å². The van der Waals surface area contributed by atoms with Crippen molar-refractivity contribution in [1.29, 1.82) is 0 Å². The minimum atomic E-state index is 0.198. The molecule has 0 aromatic heterocycles. The zero-order valence-electron chi connectivity index (χ0n) is 12.8. The van der Waals surface area contributed by atoms with Gasteiger partial charge in [0.15, 0.2) is 0 Å². The van der Waals surface area contributed by atoms with Crippen molar-refractivity contribution in [3.63, 3.8) is 0 Å². The molecule has 0 aliphatic heterocycles. The van der Waals surface area contributed by atoms with Gasteiger partial charge >= 0.3 is 0 Å². The highest BCUT2D eigenvalue weighted by atomic mass is 16.3. The molecule has 4 rings (SSSR count). The molecule has 0 unspecified atom stereocenters. The third-order valence-corrected chi connectivity index (χ3v) is 3.81. The smallest absolute Gasteiger partial charge is 0.123 e. The van der Waals surface area contributed by atoms with Crippen LogP contribution >= 0.6 is 0 Å². The maximum Gasteiger partial charge on any atom is 0.123 e. The lowest BCUT2D eigenvalue weighted by atomic mass is 10.1. The number of rotatable bonds is 0. The monoisotopic (exact) mass is 319 g/mol. The first-order valence-corrected chi connectivity index (χ1v) is 7.44. The molecule has 0 bridgehead atoms. The van der Waals surface area contributed by atoms with Gasteiger partial charge in [0.05, 0.1) is 0 Å². The topological polar surface area (TPSA) is 86.7 Å². The van der Waals surface area contributed by atoms with Crippen LogP contribution in [0.2, 0.25) is 0 Å². The summed E-state index contributed by atoms with van der Waals surface area (Å²) >= 11 is 0. The van der Waals surface area contributed by atoms with E-state index in [1.165, 1.54) is 12.1 Å². The molecule has 0 atom stereocenters. The second-order valence-corrected chi connectivity index (χ2v) is 5.37. The Bertz CT molecular complexity index is 848. The SMILES string of the molecule is Nc1ccc(O)c2ccccc12.Oc1ccc(O)c2ccccc12. The summed E-state index contributed by atoms with van der Waals surface area (Å²) in [6.07, 6.45) is 0. The predicted octanol–water partition coefficient (Wildman–Crippen LogP) is 4.38. The fraction of sp³-hybridized carbons (Fsp3) is 0. The largest absolute Gasteiger partial charge is 0.507 e. The van der Waals surface area contributed by atoms with Crippen molar-refractivity contribution in [2.45, 2.75) is 0 Å². The Hall–Kier alpha value is -3.40. The molecule has 0 spiro atoms. The van der Waals surface area contributed by atoms with E-state index < -0.39 is 0 Å². The van der Waals surface area contributed by atoms with Crippen LogP contribution in [0.1, 0.15) is 0 Å². The predicted molar refractivity (Wildman–Crippen MR) is 97.3 cm³/mol.